The van der Waals surface area contributed by atoms with Crippen LogP contribution in [0.15, 0.2) is 22.3 Å². The van der Waals surface area contributed by atoms with Crippen LogP contribution < -0.4 is 21.5 Å². The third-order valence-corrected chi connectivity index (χ3v) is 4.38. The summed E-state index contributed by atoms with van der Waals surface area (Å²) in [6.45, 7) is 2.13. The first-order valence-corrected chi connectivity index (χ1v) is 7.00. The van der Waals surface area contributed by atoms with Gasteiger partial charge in [-0.25, -0.2) is 4.79 Å². The molecule has 2 N–H and O–H groups in total. The summed E-state index contributed by atoms with van der Waals surface area (Å²) in [5.41, 5.74) is 9.38. The Hall–Kier alpha value is -2.17. The van der Waals surface area contributed by atoms with E-state index in [4.69, 9.17) is 9.15 Å². The fourth-order valence-electron chi connectivity index (χ4n) is 3.24. The quantitative estimate of drug-likeness (QED) is 0.769. The molecule has 0 aromatic carbocycles. The monoisotopic (exact) mass is 272 g/mol. The number of furan rings is 1. The molecule has 3 aliphatic rings. The number of nitrogens with one attached hydrogen (secondary N) is 2. The number of carbonyl (C=O) groups is 1. The Morgan fingerprint density at radius 2 is 2.35 bits per heavy atom. The maximum Gasteiger partial charge on any atom is 0.374 e. The van der Waals surface area contributed by atoms with Gasteiger partial charge in [0.25, 0.3) is 0 Å². The second-order valence-electron chi connectivity index (χ2n) is 5.47. The Kier molecular flexibility index (Phi) is 2.28. The van der Waals surface area contributed by atoms with Crippen LogP contribution in [0.5, 0.6) is 0 Å². The minimum Gasteiger partial charge on any atom is -0.460 e. The normalized spacial score (nSPS) is 20.9. The van der Waals surface area contributed by atoms with E-state index < -0.39 is 5.97 Å². The van der Waals surface area contributed by atoms with E-state index in [1.165, 1.54) is 12.0 Å². The minimum atomic E-state index is -0.407. The van der Waals surface area contributed by atoms with Gasteiger partial charge in [0.15, 0.2) is 0 Å². The van der Waals surface area contributed by atoms with E-state index in [1.807, 2.05) is 6.20 Å². The summed E-state index contributed by atoms with van der Waals surface area (Å²) in [5, 5.41) is 0.932. The van der Waals surface area contributed by atoms with E-state index in [0.29, 0.717) is 6.61 Å². The number of carbonyl (C=O) groups excluding carboxylic acids is 1. The highest BCUT2D eigenvalue weighted by atomic mass is 16.5. The summed E-state index contributed by atoms with van der Waals surface area (Å²) in [7, 11) is 0. The topological polar surface area (TPSA) is 63.5 Å². The zero-order chi connectivity index (χ0) is 13.7. The predicted octanol–water partition coefficient (Wildman–Crippen LogP) is 0.521. The Balaban J connectivity index is 1.90. The standard InChI is InChI=1S/C15H16N2O3/c1-2-19-14(18)11-6-9-12(20-11)7-15(4-3-5-15)10-8-16-17-13(9)10/h6-8,16-17H,2-5H2,1H3. The van der Waals surface area contributed by atoms with E-state index in [1.54, 1.807) is 13.0 Å². The summed E-state index contributed by atoms with van der Waals surface area (Å²) >= 11 is 0. The van der Waals surface area contributed by atoms with Gasteiger partial charge < -0.3 is 20.0 Å². The number of hydrogen-bond acceptors (Lipinski definition) is 5. The lowest BCUT2D eigenvalue weighted by molar-refractivity contribution is 0.0488. The van der Waals surface area contributed by atoms with Crippen molar-refractivity contribution in [3.63, 3.8) is 0 Å². The minimum absolute atomic E-state index is 0.0720. The third-order valence-electron chi connectivity index (χ3n) is 4.38. The van der Waals surface area contributed by atoms with E-state index in [0.717, 1.165) is 29.2 Å². The lowest BCUT2D eigenvalue weighted by Crippen LogP contribution is -2.42. The molecule has 1 fully saturated rings. The smallest absolute Gasteiger partial charge is 0.374 e. The zero-order valence-corrected chi connectivity index (χ0v) is 11.3. The fraction of sp³-hybridized carbons (Fsp3) is 0.400. The molecule has 0 radical (unpaired) electrons. The van der Waals surface area contributed by atoms with Gasteiger partial charge in [-0.1, -0.05) is 6.42 Å². The van der Waals surface area contributed by atoms with Gasteiger partial charge in [0.1, 0.15) is 5.42 Å². The van der Waals surface area contributed by atoms with Gasteiger partial charge in [-0.3, -0.25) is 0 Å². The van der Waals surface area contributed by atoms with Gasteiger partial charge in [0.2, 0.25) is 5.76 Å². The molecule has 1 aromatic rings. The highest BCUT2D eigenvalue weighted by Crippen LogP contribution is 2.51. The van der Waals surface area contributed by atoms with E-state index in [9.17, 15) is 4.79 Å². The summed E-state index contributed by atoms with van der Waals surface area (Å²) in [5.74, 6) is -0.139. The molecule has 1 aromatic heterocycles. The van der Waals surface area contributed by atoms with Crippen LogP contribution in [-0.2, 0) is 4.74 Å². The molecule has 1 saturated carbocycles. The van der Waals surface area contributed by atoms with Crippen LogP contribution in [0, 0.1) is 5.41 Å². The molecular formula is C15H16N2O3. The summed E-state index contributed by atoms with van der Waals surface area (Å²) < 4.78 is 10.7. The van der Waals surface area contributed by atoms with E-state index in [2.05, 4.69) is 16.9 Å². The molecule has 5 heteroatoms. The van der Waals surface area contributed by atoms with Gasteiger partial charge in [0, 0.05) is 28.5 Å². The summed E-state index contributed by atoms with van der Waals surface area (Å²) in [6.07, 6.45) is 7.66. The van der Waals surface area contributed by atoms with Gasteiger partial charge >= 0.3 is 5.97 Å². The molecule has 1 spiro atoms. The zero-order valence-electron chi connectivity index (χ0n) is 11.3. The van der Waals surface area contributed by atoms with Crippen LogP contribution in [0.1, 0.15) is 36.7 Å². The molecule has 1 aliphatic heterocycles. The molecule has 0 unspecified atom stereocenters. The molecule has 0 atom stereocenters. The van der Waals surface area contributed by atoms with Crippen LogP contribution in [0.2, 0.25) is 0 Å². The van der Waals surface area contributed by atoms with Crippen molar-refractivity contribution >= 4 is 17.7 Å². The van der Waals surface area contributed by atoms with Crippen LogP contribution in [-0.4, -0.2) is 12.6 Å². The van der Waals surface area contributed by atoms with Crippen LogP contribution in [0.4, 0.5) is 0 Å². The van der Waals surface area contributed by atoms with Crippen LogP contribution >= 0.6 is 0 Å². The van der Waals surface area contributed by atoms with Gasteiger partial charge in [-0.15, -0.1) is 0 Å². The summed E-state index contributed by atoms with van der Waals surface area (Å²) in [6, 6.07) is 1.76. The lowest BCUT2D eigenvalue weighted by atomic mass is 9.62. The Morgan fingerprint density at radius 1 is 1.50 bits per heavy atom. The molecule has 104 valence electrons. The van der Waals surface area contributed by atoms with Crippen molar-refractivity contribution in [2.75, 3.05) is 6.61 Å². The molecule has 20 heavy (non-hydrogen) atoms. The van der Waals surface area contributed by atoms with Crippen molar-refractivity contribution in [2.45, 2.75) is 26.2 Å². The number of hydrazine groups is 1. The highest BCUT2D eigenvalue weighted by molar-refractivity contribution is 5.87. The average molecular weight is 272 g/mol. The molecule has 0 saturated heterocycles. The van der Waals surface area contributed by atoms with Gasteiger partial charge in [-0.2, -0.15) is 0 Å². The molecular weight excluding hydrogens is 256 g/mol. The van der Waals surface area contributed by atoms with Gasteiger partial charge in [-0.05, 0) is 25.8 Å². The fourth-order valence-corrected chi connectivity index (χ4v) is 3.24. The van der Waals surface area contributed by atoms with Crippen LogP contribution in [0.3, 0.4) is 0 Å². The Labute approximate surface area is 115 Å². The summed E-state index contributed by atoms with van der Waals surface area (Å²) in [4.78, 5) is 11.8. The van der Waals surface area contributed by atoms with Crippen molar-refractivity contribution in [2.24, 2.45) is 5.41 Å². The number of ether oxygens (including phenoxy) is 1. The number of fused-ring (bicyclic) bond motifs is 3. The largest absolute Gasteiger partial charge is 0.460 e. The van der Waals surface area contributed by atoms with E-state index >= 15 is 0 Å². The number of hydrogen-bond donors (Lipinski definition) is 2. The average Bonchev–Trinajstić information content (AvgIpc) is 3.01. The van der Waals surface area contributed by atoms with Crippen molar-refractivity contribution in [3.8, 4) is 0 Å². The Bertz CT molecular complexity index is 738. The van der Waals surface area contributed by atoms with Crippen molar-refractivity contribution < 1.29 is 13.9 Å². The first-order valence-electron chi connectivity index (χ1n) is 7.00. The Morgan fingerprint density at radius 3 is 3.05 bits per heavy atom. The predicted molar refractivity (Wildman–Crippen MR) is 72.4 cm³/mol. The maximum absolute atomic E-state index is 11.8. The molecule has 0 amide bonds. The molecule has 5 nitrogen and oxygen atoms in total. The highest BCUT2D eigenvalue weighted by Gasteiger charge is 2.44. The molecule has 2 heterocycles. The number of rotatable bonds is 2. The second kappa shape index (κ2) is 3.91. The first-order chi connectivity index (χ1) is 9.73. The van der Waals surface area contributed by atoms with E-state index in [-0.39, 0.29) is 11.2 Å². The molecule has 2 aliphatic carbocycles. The first kappa shape index (κ1) is 11.6. The van der Waals surface area contributed by atoms with Crippen molar-refractivity contribution in [1.82, 2.24) is 10.9 Å². The van der Waals surface area contributed by atoms with Gasteiger partial charge in [0.05, 0.1) is 12.3 Å². The molecule has 0 bridgehead atoms. The number of esters is 1. The van der Waals surface area contributed by atoms with Crippen molar-refractivity contribution in [1.29, 1.82) is 0 Å². The maximum atomic E-state index is 11.8. The molecule has 4 rings (SSSR count). The third kappa shape index (κ3) is 1.40. The lowest BCUT2D eigenvalue weighted by Gasteiger charge is -2.41. The SMILES string of the molecule is CCOC(=O)c1cc2c(o1)=CC1(CCC1)C1=CNNC=21. The van der Waals surface area contributed by atoms with Crippen molar-refractivity contribution in [3.05, 3.63) is 34.2 Å². The van der Waals surface area contributed by atoms with Crippen LogP contribution in [0.25, 0.3) is 11.8 Å². The second-order valence-corrected chi connectivity index (χ2v) is 5.47.